The van der Waals surface area contributed by atoms with Gasteiger partial charge >= 0.3 is 0 Å². The zero-order valence-corrected chi connectivity index (χ0v) is 7.15. The SMILES string of the molecule is [CH2]NC(CC)(CC)C(C)O. The maximum absolute atomic E-state index is 9.36. The fourth-order valence-corrected chi connectivity index (χ4v) is 1.24. The van der Waals surface area contributed by atoms with Crippen LogP contribution in [0.5, 0.6) is 0 Å². The molecule has 1 unspecified atom stereocenters. The van der Waals surface area contributed by atoms with E-state index in [4.69, 9.17) is 0 Å². The summed E-state index contributed by atoms with van der Waals surface area (Å²) in [4.78, 5) is 0. The van der Waals surface area contributed by atoms with Gasteiger partial charge in [0.2, 0.25) is 0 Å². The van der Waals surface area contributed by atoms with Crippen molar-refractivity contribution in [3.63, 3.8) is 0 Å². The Morgan fingerprint density at radius 2 is 1.90 bits per heavy atom. The van der Waals surface area contributed by atoms with E-state index >= 15 is 0 Å². The Labute approximate surface area is 63.6 Å². The molecule has 61 valence electrons. The lowest BCUT2D eigenvalue weighted by Gasteiger charge is -2.34. The normalized spacial score (nSPS) is 15.3. The van der Waals surface area contributed by atoms with Gasteiger partial charge in [0.1, 0.15) is 0 Å². The van der Waals surface area contributed by atoms with Crippen LogP contribution in [0.15, 0.2) is 0 Å². The van der Waals surface area contributed by atoms with Crippen LogP contribution in [-0.4, -0.2) is 16.7 Å². The number of nitrogens with one attached hydrogen (secondary N) is 1. The molecule has 0 spiro atoms. The van der Waals surface area contributed by atoms with Crippen LogP contribution < -0.4 is 5.32 Å². The van der Waals surface area contributed by atoms with E-state index in [-0.39, 0.29) is 11.6 Å². The van der Waals surface area contributed by atoms with Gasteiger partial charge < -0.3 is 10.4 Å². The highest BCUT2D eigenvalue weighted by Gasteiger charge is 2.28. The Kier molecular flexibility index (Phi) is 3.91. The molecular formula is C8H18NO. The first kappa shape index (κ1) is 9.92. The number of hydrogen-bond acceptors (Lipinski definition) is 2. The third-order valence-electron chi connectivity index (χ3n) is 2.41. The molecular weight excluding hydrogens is 126 g/mol. The van der Waals surface area contributed by atoms with Crippen molar-refractivity contribution in [1.82, 2.24) is 5.32 Å². The molecule has 0 saturated heterocycles. The van der Waals surface area contributed by atoms with Crippen LogP contribution in [0.3, 0.4) is 0 Å². The van der Waals surface area contributed by atoms with Gasteiger partial charge in [-0.15, -0.1) is 0 Å². The van der Waals surface area contributed by atoms with Gasteiger partial charge in [-0.25, -0.2) is 0 Å². The zero-order chi connectivity index (χ0) is 8.20. The van der Waals surface area contributed by atoms with Crippen molar-refractivity contribution >= 4 is 0 Å². The van der Waals surface area contributed by atoms with E-state index in [1.807, 2.05) is 0 Å². The number of aliphatic hydroxyl groups excluding tert-OH is 1. The monoisotopic (exact) mass is 144 g/mol. The molecule has 0 aromatic heterocycles. The van der Waals surface area contributed by atoms with Gasteiger partial charge in [0.25, 0.3) is 0 Å². The Morgan fingerprint density at radius 3 is 1.90 bits per heavy atom. The molecule has 0 aliphatic rings. The molecule has 10 heavy (non-hydrogen) atoms. The Hall–Kier alpha value is -0.0800. The van der Waals surface area contributed by atoms with Crippen LogP contribution in [0.1, 0.15) is 33.6 Å². The van der Waals surface area contributed by atoms with Crippen molar-refractivity contribution in [3.8, 4) is 0 Å². The molecule has 0 saturated carbocycles. The van der Waals surface area contributed by atoms with Crippen LogP contribution in [0.2, 0.25) is 0 Å². The third-order valence-corrected chi connectivity index (χ3v) is 2.41. The second-order valence-corrected chi connectivity index (χ2v) is 2.72. The fourth-order valence-electron chi connectivity index (χ4n) is 1.24. The number of aliphatic hydroxyl groups is 1. The first-order valence-corrected chi connectivity index (χ1v) is 3.85. The Bertz CT molecular complexity index is 79.0. The minimum atomic E-state index is -0.333. The Balaban J connectivity index is 4.15. The predicted octanol–water partition coefficient (Wildman–Crippen LogP) is 1.31. The van der Waals surface area contributed by atoms with E-state index in [2.05, 4.69) is 26.2 Å². The van der Waals surface area contributed by atoms with Crippen LogP contribution in [0.25, 0.3) is 0 Å². The molecule has 0 bridgehead atoms. The molecule has 2 heteroatoms. The van der Waals surface area contributed by atoms with E-state index in [0.717, 1.165) is 12.8 Å². The molecule has 0 heterocycles. The minimum Gasteiger partial charge on any atom is -0.391 e. The van der Waals surface area contributed by atoms with E-state index in [0.29, 0.717) is 0 Å². The predicted molar refractivity (Wildman–Crippen MR) is 43.5 cm³/mol. The summed E-state index contributed by atoms with van der Waals surface area (Å²) >= 11 is 0. The maximum atomic E-state index is 9.36. The highest BCUT2D eigenvalue weighted by Crippen LogP contribution is 2.18. The lowest BCUT2D eigenvalue weighted by molar-refractivity contribution is 0.0764. The summed E-state index contributed by atoms with van der Waals surface area (Å²) in [7, 11) is 3.61. The average molecular weight is 144 g/mol. The molecule has 0 aliphatic heterocycles. The van der Waals surface area contributed by atoms with Crippen LogP contribution in [0.4, 0.5) is 0 Å². The molecule has 2 nitrogen and oxygen atoms in total. The molecule has 1 atom stereocenters. The topological polar surface area (TPSA) is 32.3 Å². The van der Waals surface area contributed by atoms with E-state index in [1.54, 1.807) is 6.92 Å². The van der Waals surface area contributed by atoms with Crippen LogP contribution >= 0.6 is 0 Å². The van der Waals surface area contributed by atoms with Gasteiger partial charge in [-0.2, -0.15) is 0 Å². The molecule has 0 aromatic carbocycles. The zero-order valence-electron chi connectivity index (χ0n) is 7.15. The van der Waals surface area contributed by atoms with Gasteiger partial charge in [-0.05, 0) is 19.8 Å². The van der Waals surface area contributed by atoms with Crippen LogP contribution in [0, 0.1) is 7.05 Å². The summed E-state index contributed by atoms with van der Waals surface area (Å²) in [6.45, 7) is 5.90. The van der Waals surface area contributed by atoms with Crippen molar-refractivity contribution in [1.29, 1.82) is 0 Å². The highest BCUT2D eigenvalue weighted by atomic mass is 16.3. The van der Waals surface area contributed by atoms with Gasteiger partial charge in [0, 0.05) is 12.6 Å². The molecule has 0 aromatic rings. The Morgan fingerprint density at radius 1 is 1.50 bits per heavy atom. The summed E-state index contributed by atoms with van der Waals surface area (Å²) in [5.74, 6) is 0. The molecule has 0 fully saturated rings. The van der Waals surface area contributed by atoms with Gasteiger partial charge in [0.15, 0.2) is 0 Å². The first-order chi connectivity index (χ1) is 4.63. The standard InChI is InChI=1S/C8H18NO/c1-5-8(6-2,9-4)7(3)10/h7,9-10H,4-6H2,1-3H3. The molecule has 0 amide bonds. The van der Waals surface area contributed by atoms with Crippen molar-refractivity contribution in [2.75, 3.05) is 0 Å². The van der Waals surface area contributed by atoms with Crippen molar-refractivity contribution in [2.24, 2.45) is 0 Å². The maximum Gasteiger partial charge on any atom is 0.0693 e. The fraction of sp³-hybridized carbons (Fsp3) is 0.875. The molecule has 0 aliphatic carbocycles. The van der Waals surface area contributed by atoms with Crippen molar-refractivity contribution < 1.29 is 5.11 Å². The average Bonchev–Trinajstić information content (AvgIpc) is 1.92. The summed E-state index contributed by atoms with van der Waals surface area (Å²) in [5.41, 5.74) is -0.181. The lowest BCUT2D eigenvalue weighted by atomic mass is 9.88. The molecule has 2 N–H and O–H groups in total. The first-order valence-electron chi connectivity index (χ1n) is 3.85. The number of rotatable bonds is 4. The number of hydrogen-bond donors (Lipinski definition) is 2. The molecule has 0 rings (SSSR count). The largest absolute Gasteiger partial charge is 0.391 e. The third kappa shape index (κ3) is 1.70. The second-order valence-electron chi connectivity index (χ2n) is 2.72. The second kappa shape index (κ2) is 3.94. The van der Waals surface area contributed by atoms with E-state index in [9.17, 15) is 5.11 Å². The van der Waals surface area contributed by atoms with Crippen molar-refractivity contribution in [3.05, 3.63) is 7.05 Å². The van der Waals surface area contributed by atoms with Gasteiger partial charge in [-0.1, -0.05) is 13.8 Å². The van der Waals surface area contributed by atoms with E-state index in [1.165, 1.54) is 0 Å². The highest BCUT2D eigenvalue weighted by molar-refractivity contribution is 4.89. The smallest absolute Gasteiger partial charge is 0.0693 e. The summed E-state index contributed by atoms with van der Waals surface area (Å²) in [6, 6.07) is 0. The molecule has 1 radical (unpaired) electrons. The van der Waals surface area contributed by atoms with Gasteiger partial charge in [-0.3, -0.25) is 0 Å². The summed E-state index contributed by atoms with van der Waals surface area (Å²) in [5, 5.41) is 12.3. The minimum absolute atomic E-state index is 0.181. The van der Waals surface area contributed by atoms with Gasteiger partial charge in [0.05, 0.1) is 6.10 Å². The van der Waals surface area contributed by atoms with Crippen molar-refractivity contribution in [2.45, 2.75) is 45.3 Å². The van der Waals surface area contributed by atoms with Crippen LogP contribution in [-0.2, 0) is 0 Å². The lowest BCUT2D eigenvalue weighted by Crippen LogP contribution is -2.49. The quantitative estimate of drug-likeness (QED) is 0.623. The summed E-state index contributed by atoms with van der Waals surface area (Å²) < 4.78 is 0. The van der Waals surface area contributed by atoms with E-state index < -0.39 is 0 Å². The summed E-state index contributed by atoms with van der Waals surface area (Å²) in [6.07, 6.45) is 1.48.